The summed E-state index contributed by atoms with van der Waals surface area (Å²) in [5, 5.41) is 18.4. The van der Waals surface area contributed by atoms with Crippen molar-refractivity contribution in [3.8, 4) is 6.07 Å². The van der Waals surface area contributed by atoms with E-state index in [1.165, 1.54) is 42.5 Å². The number of carbonyl (C=O) groups excluding carboxylic acids is 1. The lowest BCUT2D eigenvalue weighted by Crippen LogP contribution is -2.30. The molecule has 8 heteroatoms. The van der Waals surface area contributed by atoms with Crippen LogP contribution in [-0.2, 0) is 0 Å². The highest BCUT2D eigenvalue weighted by Crippen LogP contribution is 2.22. The molecule has 3 aromatic carbocycles. The Kier molecular flexibility index (Phi) is 6.90. The molecule has 0 aromatic heterocycles. The number of amides is 1. The number of carbonyl (C=O) groups is 1. The second kappa shape index (κ2) is 9.78. The molecular weight excluding hydrogens is 418 g/mol. The van der Waals surface area contributed by atoms with Crippen LogP contribution in [0.1, 0.15) is 34.5 Å². The monoisotopic (exact) mass is 436 g/mol. The predicted octanol–water partition coefficient (Wildman–Crippen LogP) is 5.14. The van der Waals surface area contributed by atoms with Crippen LogP contribution in [0, 0.1) is 23.0 Å². The van der Waals surface area contributed by atoms with Crippen molar-refractivity contribution in [2.24, 2.45) is 0 Å². The van der Waals surface area contributed by atoms with Gasteiger partial charge in [0, 0.05) is 5.69 Å². The van der Waals surface area contributed by atoms with Crippen molar-refractivity contribution in [3.63, 3.8) is 0 Å². The number of thiocarbonyl (C=S) groups is 1. The van der Waals surface area contributed by atoms with Crippen molar-refractivity contribution >= 4 is 34.6 Å². The van der Waals surface area contributed by atoms with Gasteiger partial charge in [-0.3, -0.25) is 4.79 Å². The first-order valence-electron chi connectivity index (χ1n) is 9.30. The SMILES string of the molecule is C[C@H](NC(=S)Nc1ccc(NC(=O)c2ccccc2F)c(C#N)c1)c1ccc(F)cc1. The van der Waals surface area contributed by atoms with E-state index in [4.69, 9.17) is 12.2 Å². The molecule has 156 valence electrons. The molecule has 0 saturated carbocycles. The summed E-state index contributed by atoms with van der Waals surface area (Å²) in [6.07, 6.45) is 0. The van der Waals surface area contributed by atoms with Gasteiger partial charge in [0.1, 0.15) is 17.7 Å². The minimum Gasteiger partial charge on any atom is -0.356 e. The topological polar surface area (TPSA) is 76.9 Å². The molecule has 3 aromatic rings. The molecule has 0 aliphatic carbocycles. The Morgan fingerprint density at radius 1 is 1.03 bits per heavy atom. The van der Waals surface area contributed by atoms with Crippen LogP contribution >= 0.6 is 12.2 Å². The van der Waals surface area contributed by atoms with Crippen LogP contribution in [-0.4, -0.2) is 11.0 Å². The fourth-order valence-electron chi connectivity index (χ4n) is 2.86. The molecule has 0 spiro atoms. The summed E-state index contributed by atoms with van der Waals surface area (Å²) < 4.78 is 26.9. The third-order valence-electron chi connectivity index (χ3n) is 4.48. The molecule has 5 nitrogen and oxygen atoms in total. The fraction of sp³-hybridized carbons (Fsp3) is 0.0870. The number of nitrogens with zero attached hydrogens (tertiary/aromatic N) is 1. The maximum absolute atomic E-state index is 13.8. The predicted molar refractivity (Wildman–Crippen MR) is 120 cm³/mol. The summed E-state index contributed by atoms with van der Waals surface area (Å²) in [6, 6.07) is 18.2. The van der Waals surface area contributed by atoms with E-state index >= 15 is 0 Å². The van der Waals surface area contributed by atoms with Gasteiger partial charge in [0.2, 0.25) is 0 Å². The van der Waals surface area contributed by atoms with E-state index in [2.05, 4.69) is 16.0 Å². The first-order chi connectivity index (χ1) is 14.9. The molecule has 3 N–H and O–H groups in total. The minimum atomic E-state index is -0.652. The van der Waals surface area contributed by atoms with Crippen molar-refractivity contribution in [3.05, 3.63) is 95.1 Å². The zero-order valence-corrected chi connectivity index (χ0v) is 17.3. The molecule has 3 rings (SSSR count). The Labute approximate surface area is 183 Å². The minimum absolute atomic E-state index is 0.117. The van der Waals surface area contributed by atoms with E-state index in [0.717, 1.165) is 5.56 Å². The van der Waals surface area contributed by atoms with Crippen LogP contribution in [0.4, 0.5) is 20.2 Å². The first kappa shape index (κ1) is 21.9. The van der Waals surface area contributed by atoms with Gasteiger partial charge in [-0.1, -0.05) is 24.3 Å². The van der Waals surface area contributed by atoms with Crippen LogP contribution in [0.5, 0.6) is 0 Å². The smallest absolute Gasteiger partial charge is 0.258 e. The van der Waals surface area contributed by atoms with Gasteiger partial charge >= 0.3 is 0 Å². The second-order valence-electron chi connectivity index (χ2n) is 6.68. The second-order valence-corrected chi connectivity index (χ2v) is 7.09. The molecule has 0 aliphatic heterocycles. The van der Waals surface area contributed by atoms with Crippen LogP contribution in [0.2, 0.25) is 0 Å². The van der Waals surface area contributed by atoms with Gasteiger partial charge in [-0.15, -0.1) is 0 Å². The van der Waals surface area contributed by atoms with Crippen LogP contribution < -0.4 is 16.0 Å². The van der Waals surface area contributed by atoms with Crippen LogP contribution in [0.25, 0.3) is 0 Å². The average Bonchev–Trinajstić information content (AvgIpc) is 2.75. The highest BCUT2D eigenvalue weighted by atomic mass is 32.1. The third kappa shape index (κ3) is 5.62. The first-order valence-corrected chi connectivity index (χ1v) is 9.71. The van der Waals surface area contributed by atoms with Gasteiger partial charge in [0.05, 0.1) is 22.9 Å². The quantitative estimate of drug-likeness (QED) is 0.483. The van der Waals surface area contributed by atoms with E-state index in [9.17, 15) is 18.8 Å². The summed E-state index contributed by atoms with van der Waals surface area (Å²) in [4.78, 5) is 12.3. The zero-order valence-electron chi connectivity index (χ0n) is 16.4. The number of rotatable bonds is 5. The largest absolute Gasteiger partial charge is 0.356 e. The number of hydrogen-bond donors (Lipinski definition) is 3. The lowest BCUT2D eigenvalue weighted by atomic mass is 10.1. The summed E-state index contributed by atoms with van der Waals surface area (Å²) in [5.41, 5.74) is 1.70. The van der Waals surface area contributed by atoms with Gasteiger partial charge in [-0.2, -0.15) is 5.26 Å². The molecule has 0 fully saturated rings. The average molecular weight is 436 g/mol. The van der Waals surface area contributed by atoms with Crippen LogP contribution in [0.15, 0.2) is 66.7 Å². The summed E-state index contributed by atoms with van der Waals surface area (Å²) in [6.45, 7) is 1.88. The van der Waals surface area contributed by atoms with Crippen molar-refractivity contribution in [2.45, 2.75) is 13.0 Å². The van der Waals surface area contributed by atoms with E-state index < -0.39 is 11.7 Å². The summed E-state index contributed by atoms with van der Waals surface area (Å²) >= 11 is 5.31. The number of hydrogen-bond acceptors (Lipinski definition) is 3. The Morgan fingerprint density at radius 2 is 1.74 bits per heavy atom. The van der Waals surface area contributed by atoms with Gasteiger partial charge in [0.25, 0.3) is 5.91 Å². The molecule has 0 radical (unpaired) electrons. The Balaban J connectivity index is 1.67. The van der Waals surface area contributed by atoms with E-state index in [-0.39, 0.29) is 28.7 Å². The Morgan fingerprint density at radius 3 is 2.42 bits per heavy atom. The lowest BCUT2D eigenvalue weighted by molar-refractivity contribution is 0.102. The van der Waals surface area contributed by atoms with E-state index in [0.29, 0.717) is 10.8 Å². The van der Waals surface area contributed by atoms with Gasteiger partial charge in [-0.05, 0) is 67.2 Å². The van der Waals surface area contributed by atoms with Crippen molar-refractivity contribution in [1.29, 1.82) is 5.26 Å². The Bertz CT molecular complexity index is 1160. The maximum atomic E-state index is 13.8. The van der Waals surface area contributed by atoms with Gasteiger partial charge in [0.15, 0.2) is 5.11 Å². The van der Waals surface area contributed by atoms with E-state index in [1.807, 2.05) is 13.0 Å². The number of nitriles is 1. The van der Waals surface area contributed by atoms with Gasteiger partial charge < -0.3 is 16.0 Å². The number of nitrogens with one attached hydrogen (secondary N) is 3. The maximum Gasteiger partial charge on any atom is 0.258 e. The highest BCUT2D eigenvalue weighted by Gasteiger charge is 2.14. The lowest BCUT2D eigenvalue weighted by Gasteiger charge is -2.18. The molecule has 0 heterocycles. The number of anilines is 2. The summed E-state index contributed by atoms with van der Waals surface area (Å²) in [5.74, 6) is -1.62. The zero-order chi connectivity index (χ0) is 22.4. The number of benzene rings is 3. The molecule has 0 aliphatic rings. The third-order valence-corrected chi connectivity index (χ3v) is 4.70. The molecule has 0 bridgehead atoms. The fourth-order valence-corrected chi connectivity index (χ4v) is 3.15. The summed E-state index contributed by atoms with van der Waals surface area (Å²) in [7, 11) is 0. The number of halogens is 2. The van der Waals surface area contributed by atoms with E-state index in [1.54, 1.807) is 24.3 Å². The van der Waals surface area contributed by atoms with Crippen molar-refractivity contribution < 1.29 is 13.6 Å². The highest BCUT2D eigenvalue weighted by molar-refractivity contribution is 7.80. The molecule has 31 heavy (non-hydrogen) atoms. The van der Waals surface area contributed by atoms with Crippen molar-refractivity contribution in [1.82, 2.24) is 5.32 Å². The Hall–Kier alpha value is -3.83. The van der Waals surface area contributed by atoms with Crippen molar-refractivity contribution in [2.75, 3.05) is 10.6 Å². The molecule has 1 atom stereocenters. The van der Waals surface area contributed by atoms with Gasteiger partial charge in [-0.25, -0.2) is 8.78 Å². The molecule has 1 amide bonds. The standard InChI is InChI=1S/C23H18F2N4OS/c1-14(15-6-8-17(24)9-7-15)27-23(31)28-18-10-11-21(16(12-18)13-26)29-22(30)19-4-2-3-5-20(19)25/h2-12,14H,1H3,(H,29,30)(H2,27,28,31)/t14-/m0/s1. The molecule has 0 saturated heterocycles. The normalized spacial score (nSPS) is 11.2. The molecule has 0 unspecified atom stereocenters. The van der Waals surface area contributed by atoms with Crippen LogP contribution in [0.3, 0.4) is 0 Å². The molecular formula is C23H18F2N4OS.